The average Bonchev–Trinajstić information content (AvgIpc) is 3.02. The number of likely N-dealkylation sites (N-methyl/N-ethyl adjacent to an activating group) is 1. The van der Waals surface area contributed by atoms with Gasteiger partial charge in [0, 0.05) is 29.2 Å². The highest BCUT2D eigenvalue weighted by atomic mass is 35.5. The first-order chi connectivity index (χ1) is 20.6. The van der Waals surface area contributed by atoms with Crippen molar-refractivity contribution in [2.75, 3.05) is 17.9 Å². The molecule has 224 valence electrons. The van der Waals surface area contributed by atoms with E-state index < -0.39 is 34.4 Å². The van der Waals surface area contributed by atoms with Crippen molar-refractivity contribution in [3.8, 4) is 11.5 Å². The molecule has 0 saturated carbocycles. The van der Waals surface area contributed by atoms with Crippen LogP contribution < -0.4 is 14.4 Å². The van der Waals surface area contributed by atoms with Crippen molar-refractivity contribution in [3.63, 3.8) is 0 Å². The molecule has 43 heavy (non-hydrogen) atoms. The quantitative estimate of drug-likeness (QED) is 0.190. The summed E-state index contributed by atoms with van der Waals surface area (Å²) < 4.78 is 34.8. The number of para-hydroxylation sites is 1. The molecule has 0 unspecified atom stereocenters. The summed E-state index contributed by atoms with van der Waals surface area (Å²) in [6.45, 7) is 1.07. The van der Waals surface area contributed by atoms with E-state index in [-0.39, 0.29) is 23.5 Å². The molecule has 0 heterocycles. The van der Waals surface area contributed by atoms with E-state index in [9.17, 15) is 18.0 Å². The number of rotatable bonds is 12. The Morgan fingerprint density at radius 2 is 1.37 bits per heavy atom. The molecule has 4 aromatic rings. The Morgan fingerprint density at radius 1 is 0.814 bits per heavy atom. The zero-order valence-corrected chi connectivity index (χ0v) is 25.9. The lowest BCUT2D eigenvalue weighted by atomic mass is 10.1. The highest BCUT2D eigenvalue weighted by Gasteiger charge is 2.34. The minimum atomic E-state index is -4.21. The number of ether oxygens (including phenoxy) is 1. The molecule has 0 fully saturated rings. The highest BCUT2D eigenvalue weighted by Crippen LogP contribution is 2.30. The summed E-state index contributed by atoms with van der Waals surface area (Å²) in [5.41, 5.74) is 0.683. The van der Waals surface area contributed by atoms with Gasteiger partial charge >= 0.3 is 0 Å². The summed E-state index contributed by atoms with van der Waals surface area (Å²) in [6, 6.07) is 27.4. The van der Waals surface area contributed by atoms with Crippen LogP contribution in [0, 0.1) is 0 Å². The van der Waals surface area contributed by atoms with E-state index in [2.05, 4.69) is 5.32 Å². The van der Waals surface area contributed by atoms with Gasteiger partial charge in [-0.25, -0.2) is 8.42 Å². The summed E-state index contributed by atoms with van der Waals surface area (Å²) in [5, 5.41) is 3.23. The number of benzene rings is 4. The topological polar surface area (TPSA) is 96.0 Å². The van der Waals surface area contributed by atoms with E-state index in [1.807, 2.05) is 18.2 Å². The molecule has 0 bridgehead atoms. The molecule has 4 rings (SSSR count). The summed E-state index contributed by atoms with van der Waals surface area (Å²) >= 11 is 12.9. The molecule has 0 aliphatic carbocycles. The third-order valence-corrected chi connectivity index (χ3v) is 9.23. The van der Waals surface area contributed by atoms with Crippen molar-refractivity contribution < 1.29 is 22.7 Å². The number of nitrogens with zero attached hydrogens (tertiary/aromatic N) is 2. The van der Waals surface area contributed by atoms with Crippen LogP contribution in [0.2, 0.25) is 10.0 Å². The fourth-order valence-corrected chi connectivity index (χ4v) is 6.45. The van der Waals surface area contributed by atoms with Crippen LogP contribution in [0.25, 0.3) is 0 Å². The lowest BCUT2D eigenvalue weighted by Crippen LogP contribution is -2.51. The van der Waals surface area contributed by atoms with Gasteiger partial charge in [-0.2, -0.15) is 0 Å². The van der Waals surface area contributed by atoms with Gasteiger partial charge in [0.15, 0.2) is 0 Å². The third-order valence-electron chi connectivity index (χ3n) is 6.74. The van der Waals surface area contributed by atoms with Gasteiger partial charge in [-0.05, 0) is 67.1 Å². The Bertz CT molecular complexity index is 1630. The minimum Gasteiger partial charge on any atom is -0.457 e. The first kappa shape index (κ1) is 31.9. The maximum Gasteiger partial charge on any atom is 0.264 e. The van der Waals surface area contributed by atoms with Crippen molar-refractivity contribution in [1.82, 2.24) is 10.2 Å². The Morgan fingerprint density at radius 3 is 1.93 bits per heavy atom. The molecular formula is C32H31Cl2N3O5S. The van der Waals surface area contributed by atoms with E-state index in [4.69, 9.17) is 27.9 Å². The van der Waals surface area contributed by atoms with E-state index in [0.717, 1.165) is 4.31 Å². The monoisotopic (exact) mass is 639 g/mol. The number of nitrogens with one attached hydrogen (secondary N) is 1. The van der Waals surface area contributed by atoms with Gasteiger partial charge in [-0.15, -0.1) is 0 Å². The minimum absolute atomic E-state index is 0.00598. The van der Waals surface area contributed by atoms with Crippen molar-refractivity contribution in [2.45, 2.75) is 30.8 Å². The second kappa shape index (κ2) is 14.4. The normalized spacial score (nSPS) is 11.8. The molecule has 8 nitrogen and oxygen atoms in total. The van der Waals surface area contributed by atoms with Crippen LogP contribution >= 0.6 is 23.2 Å². The lowest BCUT2D eigenvalue weighted by molar-refractivity contribution is -0.140. The Labute approximate surface area is 261 Å². The van der Waals surface area contributed by atoms with Gasteiger partial charge in [0.1, 0.15) is 24.1 Å². The number of halogens is 2. The van der Waals surface area contributed by atoms with Crippen LogP contribution in [0.4, 0.5) is 5.69 Å². The maximum absolute atomic E-state index is 14.1. The van der Waals surface area contributed by atoms with Gasteiger partial charge in [0.05, 0.1) is 10.6 Å². The third kappa shape index (κ3) is 7.67. The number of hydrogen-bond acceptors (Lipinski definition) is 5. The van der Waals surface area contributed by atoms with Gasteiger partial charge in [-0.1, -0.05) is 72.6 Å². The molecule has 0 spiro atoms. The van der Waals surface area contributed by atoms with Gasteiger partial charge < -0.3 is 15.0 Å². The lowest BCUT2D eigenvalue weighted by Gasteiger charge is -2.33. The van der Waals surface area contributed by atoms with Crippen LogP contribution in [-0.2, 0) is 26.2 Å². The van der Waals surface area contributed by atoms with Crippen molar-refractivity contribution in [3.05, 3.63) is 119 Å². The Kier molecular flexibility index (Phi) is 10.7. The molecule has 0 saturated heterocycles. The predicted octanol–water partition coefficient (Wildman–Crippen LogP) is 6.53. The predicted molar refractivity (Wildman–Crippen MR) is 169 cm³/mol. The number of sulfonamides is 1. The summed E-state index contributed by atoms with van der Waals surface area (Å²) in [5.74, 6) is 0.0846. The van der Waals surface area contributed by atoms with Crippen LogP contribution in [0.5, 0.6) is 11.5 Å². The molecule has 2 amide bonds. The second-order valence-electron chi connectivity index (χ2n) is 9.49. The molecule has 1 N–H and O–H groups in total. The molecule has 1 atom stereocenters. The number of carbonyl (C=O) groups excluding carboxylic acids is 2. The van der Waals surface area contributed by atoms with Crippen molar-refractivity contribution in [2.24, 2.45) is 0 Å². The molecule has 0 aliphatic heterocycles. The van der Waals surface area contributed by atoms with E-state index >= 15 is 0 Å². The molecular weight excluding hydrogens is 609 g/mol. The fourth-order valence-electron chi connectivity index (χ4n) is 4.49. The largest absolute Gasteiger partial charge is 0.457 e. The standard InChI is InChI=1S/C32H31Cl2N3O5S/c1-3-30(32(39)35-2)36(21-27-28(33)15-10-16-29(27)34)31(38)22-37(43(40,41)26-13-8-5-9-14-26)23-17-19-25(20-18-23)42-24-11-6-4-7-12-24/h4-20,30H,3,21-22H2,1-2H3,(H,35,39)/t30-/m1/s1. The summed E-state index contributed by atoms with van der Waals surface area (Å²) in [7, 11) is -2.74. The van der Waals surface area contributed by atoms with Gasteiger partial charge in [0.25, 0.3) is 10.0 Å². The van der Waals surface area contributed by atoms with Crippen LogP contribution in [0.3, 0.4) is 0 Å². The second-order valence-corrected chi connectivity index (χ2v) is 12.2. The van der Waals surface area contributed by atoms with Gasteiger partial charge in [-0.3, -0.25) is 13.9 Å². The van der Waals surface area contributed by atoms with E-state index in [1.165, 1.54) is 24.1 Å². The summed E-state index contributed by atoms with van der Waals surface area (Å²) in [6.07, 6.45) is 0.268. The van der Waals surface area contributed by atoms with Gasteiger partial charge in [0.2, 0.25) is 11.8 Å². The van der Waals surface area contributed by atoms with E-state index in [0.29, 0.717) is 27.1 Å². The summed E-state index contributed by atoms with van der Waals surface area (Å²) in [4.78, 5) is 28.3. The molecule has 0 aliphatic rings. The highest BCUT2D eigenvalue weighted by molar-refractivity contribution is 7.92. The van der Waals surface area contributed by atoms with Crippen LogP contribution in [-0.4, -0.2) is 44.8 Å². The molecule has 11 heteroatoms. The Balaban J connectivity index is 1.73. The molecule has 0 aromatic heterocycles. The van der Waals surface area contributed by atoms with Crippen LogP contribution in [0.1, 0.15) is 18.9 Å². The fraction of sp³-hybridized carbons (Fsp3) is 0.188. The number of amides is 2. The smallest absolute Gasteiger partial charge is 0.264 e. The number of hydrogen-bond donors (Lipinski definition) is 1. The molecule has 0 radical (unpaired) electrons. The maximum atomic E-state index is 14.1. The first-order valence-corrected chi connectivity index (χ1v) is 15.7. The Hall–Kier alpha value is -4.05. The average molecular weight is 641 g/mol. The van der Waals surface area contributed by atoms with Crippen molar-refractivity contribution in [1.29, 1.82) is 0 Å². The SMILES string of the molecule is CC[C@H](C(=O)NC)N(Cc1c(Cl)cccc1Cl)C(=O)CN(c1ccc(Oc2ccccc2)cc1)S(=O)(=O)c1ccccc1. The first-order valence-electron chi connectivity index (χ1n) is 13.5. The zero-order chi connectivity index (χ0) is 31.0. The molecule has 4 aromatic carbocycles. The van der Waals surface area contributed by atoms with Crippen LogP contribution in [0.15, 0.2) is 108 Å². The zero-order valence-electron chi connectivity index (χ0n) is 23.6. The van der Waals surface area contributed by atoms with E-state index in [1.54, 1.807) is 79.7 Å². The number of carbonyl (C=O) groups is 2. The number of anilines is 1. The van der Waals surface area contributed by atoms with Crippen molar-refractivity contribution >= 4 is 50.7 Å².